The molecule has 0 aliphatic carbocycles. The second-order valence-corrected chi connectivity index (χ2v) is 6.24. The van der Waals surface area contributed by atoms with Crippen molar-refractivity contribution in [2.24, 2.45) is 0 Å². The van der Waals surface area contributed by atoms with E-state index in [4.69, 9.17) is 10.5 Å². The van der Waals surface area contributed by atoms with E-state index in [2.05, 4.69) is 20.9 Å². The molecule has 3 N–H and O–H groups in total. The first-order valence-corrected chi connectivity index (χ1v) is 8.78. The molecule has 1 amide bonds. The molecule has 1 fully saturated rings. The summed E-state index contributed by atoms with van der Waals surface area (Å²) in [6.45, 7) is 5.16. The van der Waals surface area contributed by atoms with Gasteiger partial charge in [0.15, 0.2) is 0 Å². The summed E-state index contributed by atoms with van der Waals surface area (Å²) < 4.78 is 0. The third-order valence-electron chi connectivity index (χ3n) is 3.69. The second kappa shape index (κ2) is 10.4. The molecule has 0 spiro atoms. The van der Waals surface area contributed by atoms with Gasteiger partial charge in [0.05, 0.1) is 0 Å². The van der Waals surface area contributed by atoms with Gasteiger partial charge in [0, 0.05) is 56.1 Å². The van der Waals surface area contributed by atoms with Crippen molar-refractivity contribution in [2.75, 3.05) is 44.6 Å². The molecule has 0 aromatic heterocycles. The molecule has 2 rings (SSSR count). The number of piperazine rings is 1. The summed E-state index contributed by atoms with van der Waals surface area (Å²) in [7, 11) is 0. The first kappa shape index (κ1) is 18.8. The third kappa shape index (κ3) is 6.48. The summed E-state index contributed by atoms with van der Waals surface area (Å²) in [5.41, 5.74) is 0.763. The van der Waals surface area contributed by atoms with Gasteiger partial charge in [-0.25, -0.2) is 0 Å². The molecule has 1 aromatic rings. The summed E-state index contributed by atoms with van der Waals surface area (Å²) in [5, 5.41) is 28.8. The largest absolute Gasteiger partial charge is 0.360 e. The maximum atomic E-state index is 12.1. The topological polar surface area (TPSA) is 104 Å². The van der Waals surface area contributed by atoms with Crippen molar-refractivity contribution in [2.45, 2.75) is 4.90 Å². The molecule has 0 unspecified atom stereocenters. The van der Waals surface area contributed by atoms with Crippen LogP contribution in [0.25, 0.3) is 0 Å². The molecule has 0 radical (unpaired) electrons. The fraction of sp³-hybridized carbons (Fsp3) is 0.353. The SMILES string of the molecule is N#CSc1ccc(N/C=C(/C#N)C(=O)NCCN2CCNCC2)cc1. The molecule has 1 aliphatic rings. The first-order chi connectivity index (χ1) is 12.2. The lowest BCUT2D eigenvalue weighted by molar-refractivity contribution is -0.117. The summed E-state index contributed by atoms with van der Waals surface area (Å²) in [5.74, 6) is -0.387. The normalized spacial score (nSPS) is 15.0. The number of nitriles is 2. The van der Waals surface area contributed by atoms with Crippen LogP contribution in [0.1, 0.15) is 0 Å². The highest BCUT2D eigenvalue weighted by atomic mass is 32.2. The van der Waals surface area contributed by atoms with Crippen molar-refractivity contribution in [1.82, 2.24) is 15.5 Å². The van der Waals surface area contributed by atoms with Gasteiger partial charge >= 0.3 is 0 Å². The van der Waals surface area contributed by atoms with Crippen LogP contribution in [0.5, 0.6) is 0 Å². The number of nitrogens with one attached hydrogen (secondary N) is 3. The third-order valence-corrected chi connectivity index (χ3v) is 4.29. The Labute approximate surface area is 151 Å². The standard InChI is InChI=1S/C17H20N6OS/c18-11-14(12-22-15-1-3-16(4-2-15)25-13-19)17(24)21-7-10-23-8-5-20-6-9-23/h1-4,12,20,22H,5-10H2,(H,21,24)/b14-12-. The molecule has 1 saturated heterocycles. The number of anilines is 1. The maximum Gasteiger partial charge on any atom is 0.263 e. The second-order valence-electron chi connectivity index (χ2n) is 5.38. The minimum Gasteiger partial charge on any atom is -0.360 e. The van der Waals surface area contributed by atoms with E-state index in [1.807, 2.05) is 11.5 Å². The fourth-order valence-corrected chi connectivity index (χ4v) is 2.71. The molecular formula is C17H20N6OS. The molecule has 0 saturated carbocycles. The molecule has 25 heavy (non-hydrogen) atoms. The molecule has 1 aliphatic heterocycles. The fourth-order valence-electron chi connectivity index (χ4n) is 2.33. The van der Waals surface area contributed by atoms with Gasteiger partial charge in [-0.3, -0.25) is 9.69 Å². The Morgan fingerprint density at radius 1 is 1.28 bits per heavy atom. The average molecular weight is 356 g/mol. The smallest absolute Gasteiger partial charge is 0.263 e. The zero-order chi connectivity index (χ0) is 17.9. The highest BCUT2D eigenvalue weighted by Gasteiger charge is 2.11. The van der Waals surface area contributed by atoms with Gasteiger partial charge in [-0.2, -0.15) is 10.5 Å². The van der Waals surface area contributed by atoms with Crippen molar-refractivity contribution >= 4 is 23.4 Å². The highest BCUT2D eigenvalue weighted by Crippen LogP contribution is 2.19. The van der Waals surface area contributed by atoms with Gasteiger partial charge in [0.2, 0.25) is 0 Å². The van der Waals surface area contributed by atoms with Crippen LogP contribution >= 0.6 is 11.8 Å². The molecule has 7 nitrogen and oxygen atoms in total. The van der Waals surface area contributed by atoms with Crippen molar-refractivity contribution in [3.8, 4) is 11.5 Å². The van der Waals surface area contributed by atoms with Crippen LogP contribution in [0.15, 0.2) is 40.9 Å². The molecule has 0 bridgehead atoms. The predicted molar refractivity (Wildman–Crippen MR) is 97.6 cm³/mol. The van der Waals surface area contributed by atoms with Crippen LogP contribution in [0.2, 0.25) is 0 Å². The molecule has 8 heteroatoms. The van der Waals surface area contributed by atoms with Crippen molar-refractivity contribution in [3.63, 3.8) is 0 Å². The van der Waals surface area contributed by atoms with Gasteiger partial charge in [0.1, 0.15) is 17.0 Å². The van der Waals surface area contributed by atoms with Crippen LogP contribution in [0, 0.1) is 22.0 Å². The lowest BCUT2D eigenvalue weighted by Crippen LogP contribution is -2.46. The van der Waals surface area contributed by atoms with E-state index in [0.29, 0.717) is 6.54 Å². The quantitative estimate of drug-likeness (QED) is 0.291. The molecule has 1 heterocycles. The molecular weight excluding hydrogens is 336 g/mol. The van der Waals surface area contributed by atoms with E-state index in [1.54, 1.807) is 24.3 Å². The van der Waals surface area contributed by atoms with Gasteiger partial charge in [0.25, 0.3) is 5.91 Å². The van der Waals surface area contributed by atoms with E-state index >= 15 is 0 Å². The van der Waals surface area contributed by atoms with Crippen LogP contribution in [0.4, 0.5) is 5.69 Å². The predicted octanol–water partition coefficient (Wildman–Crippen LogP) is 1.10. The van der Waals surface area contributed by atoms with E-state index in [9.17, 15) is 4.79 Å². The van der Waals surface area contributed by atoms with E-state index in [1.165, 1.54) is 6.20 Å². The maximum absolute atomic E-state index is 12.1. The number of hydrogen-bond acceptors (Lipinski definition) is 7. The number of carbonyl (C=O) groups excluding carboxylic acids is 1. The summed E-state index contributed by atoms with van der Waals surface area (Å²) >= 11 is 1.08. The van der Waals surface area contributed by atoms with Crippen molar-refractivity contribution < 1.29 is 4.79 Å². The Morgan fingerprint density at radius 3 is 2.64 bits per heavy atom. The lowest BCUT2D eigenvalue weighted by Gasteiger charge is -2.27. The van der Waals surface area contributed by atoms with Crippen molar-refractivity contribution in [3.05, 3.63) is 36.0 Å². The summed E-state index contributed by atoms with van der Waals surface area (Å²) in [4.78, 5) is 15.2. The van der Waals surface area contributed by atoms with Crippen LogP contribution < -0.4 is 16.0 Å². The van der Waals surface area contributed by atoms with E-state index in [0.717, 1.165) is 55.1 Å². The number of nitrogens with zero attached hydrogens (tertiary/aromatic N) is 3. The lowest BCUT2D eigenvalue weighted by atomic mass is 10.2. The minimum absolute atomic E-state index is 0.0239. The zero-order valence-electron chi connectivity index (χ0n) is 13.8. The number of rotatable bonds is 7. The van der Waals surface area contributed by atoms with Crippen LogP contribution in [-0.4, -0.2) is 50.1 Å². The monoisotopic (exact) mass is 356 g/mol. The Bertz CT molecular complexity index is 683. The van der Waals surface area contributed by atoms with Gasteiger partial charge in [-0.05, 0) is 36.0 Å². The number of thiocyanates is 1. The Balaban J connectivity index is 1.80. The number of thioether (sulfide) groups is 1. The Kier molecular flexibility index (Phi) is 7.80. The van der Waals surface area contributed by atoms with E-state index < -0.39 is 0 Å². The minimum atomic E-state index is -0.387. The van der Waals surface area contributed by atoms with Crippen LogP contribution in [-0.2, 0) is 4.79 Å². The number of carbonyl (C=O) groups is 1. The number of hydrogen-bond donors (Lipinski definition) is 3. The first-order valence-electron chi connectivity index (χ1n) is 7.97. The number of amides is 1. The molecule has 1 aromatic carbocycles. The number of benzene rings is 1. The van der Waals surface area contributed by atoms with Crippen LogP contribution in [0.3, 0.4) is 0 Å². The summed E-state index contributed by atoms with van der Waals surface area (Å²) in [6.07, 6.45) is 1.40. The molecule has 0 atom stereocenters. The Hall–Kier alpha value is -2.52. The average Bonchev–Trinajstić information content (AvgIpc) is 2.65. The zero-order valence-corrected chi connectivity index (χ0v) is 14.6. The molecule has 130 valence electrons. The Morgan fingerprint density at radius 2 is 2.00 bits per heavy atom. The highest BCUT2D eigenvalue weighted by molar-refractivity contribution is 8.03. The summed E-state index contributed by atoms with van der Waals surface area (Å²) in [6, 6.07) is 9.07. The van der Waals surface area contributed by atoms with Gasteiger partial charge < -0.3 is 16.0 Å². The van der Waals surface area contributed by atoms with Crippen molar-refractivity contribution in [1.29, 1.82) is 10.5 Å². The van der Waals surface area contributed by atoms with Gasteiger partial charge in [-0.1, -0.05) is 0 Å². The van der Waals surface area contributed by atoms with Gasteiger partial charge in [-0.15, -0.1) is 0 Å². The van der Waals surface area contributed by atoms with E-state index in [-0.39, 0.29) is 11.5 Å².